The summed E-state index contributed by atoms with van der Waals surface area (Å²) < 4.78 is 32.3. The quantitative estimate of drug-likeness (QED) is 0.919. The fourth-order valence-electron chi connectivity index (χ4n) is 1.90. The minimum Gasteiger partial charge on any atom is -0.379 e. The van der Waals surface area contributed by atoms with Crippen LogP contribution in [0.25, 0.3) is 0 Å². The van der Waals surface area contributed by atoms with E-state index < -0.39 is 11.6 Å². The van der Waals surface area contributed by atoms with Gasteiger partial charge in [-0.3, -0.25) is 0 Å². The van der Waals surface area contributed by atoms with Crippen LogP contribution in [0, 0.1) is 11.6 Å². The number of hydrogen-bond donors (Lipinski definition) is 1. The second-order valence-electron chi connectivity index (χ2n) is 4.11. The normalized spacial score (nSPS) is 20.3. The Labute approximate surface area is 107 Å². The summed E-state index contributed by atoms with van der Waals surface area (Å²) in [7, 11) is 0. The molecule has 1 N–H and O–H groups in total. The molecular weight excluding hydrogens is 292 g/mol. The lowest BCUT2D eigenvalue weighted by atomic mass is 10.1. The van der Waals surface area contributed by atoms with Gasteiger partial charge in [0.1, 0.15) is 11.6 Å². The maximum atomic E-state index is 13.5. The van der Waals surface area contributed by atoms with Gasteiger partial charge in [-0.1, -0.05) is 0 Å². The zero-order chi connectivity index (χ0) is 12.3. The fourth-order valence-corrected chi connectivity index (χ4v) is 2.44. The largest absolute Gasteiger partial charge is 0.379 e. The minimum absolute atomic E-state index is 0.111. The molecule has 2 rings (SSSR count). The van der Waals surface area contributed by atoms with Crippen LogP contribution in [-0.4, -0.2) is 19.3 Å². The molecule has 1 saturated heterocycles. The number of rotatable bonds is 3. The third kappa shape index (κ3) is 3.39. The van der Waals surface area contributed by atoms with Crippen molar-refractivity contribution in [3.05, 3.63) is 28.2 Å². The molecule has 1 aliphatic heterocycles. The number of hydrogen-bond acceptors (Lipinski definition) is 2. The zero-order valence-corrected chi connectivity index (χ0v) is 10.9. The van der Waals surface area contributed by atoms with Crippen molar-refractivity contribution in [1.82, 2.24) is 0 Å². The molecule has 1 fully saturated rings. The van der Waals surface area contributed by atoms with E-state index in [0.29, 0.717) is 16.7 Å². The lowest BCUT2D eigenvalue weighted by Gasteiger charge is -2.23. The number of ether oxygens (including phenoxy) is 1. The van der Waals surface area contributed by atoms with Gasteiger partial charge < -0.3 is 10.1 Å². The summed E-state index contributed by atoms with van der Waals surface area (Å²) in [5.41, 5.74) is 0.292. The smallest absolute Gasteiger partial charge is 0.150 e. The first kappa shape index (κ1) is 12.8. The van der Waals surface area contributed by atoms with Crippen LogP contribution < -0.4 is 5.32 Å². The van der Waals surface area contributed by atoms with E-state index in [1.54, 1.807) is 0 Å². The molecule has 0 spiro atoms. The van der Waals surface area contributed by atoms with Crippen molar-refractivity contribution in [2.45, 2.75) is 25.4 Å². The van der Waals surface area contributed by atoms with Gasteiger partial charge in [-0.05, 0) is 41.3 Å². The number of halogens is 3. The van der Waals surface area contributed by atoms with Gasteiger partial charge in [0, 0.05) is 23.7 Å². The summed E-state index contributed by atoms with van der Waals surface area (Å²) >= 11 is 3.14. The van der Waals surface area contributed by atoms with Crippen molar-refractivity contribution in [3.8, 4) is 0 Å². The van der Waals surface area contributed by atoms with Crippen molar-refractivity contribution in [3.63, 3.8) is 0 Å². The van der Waals surface area contributed by atoms with Gasteiger partial charge in [0.25, 0.3) is 0 Å². The molecule has 1 aliphatic rings. The van der Waals surface area contributed by atoms with Gasteiger partial charge in [0.15, 0.2) is 0 Å². The molecule has 1 unspecified atom stereocenters. The summed E-state index contributed by atoms with van der Waals surface area (Å²) in [5, 5.41) is 2.96. The number of anilines is 1. The molecule has 1 aromatic rings. The van der Waals surface area contributed by atoms with Crippen molar-refractivity contribution in [1.29, 1.82) is 0 Å². The van der Waals surface area contributed by atoms with Crippen LogP contribution in [0.3, 0.4) is 0 Å². The van der Waals surface area contributed by atoms with E-state index in [2.05, 4.69) is 21.2 Å². The molecule has 1 heterocycles. The Hall–Kier alpha value is -0.680. The van der Waals surface area contributed by atoms with Gasteiger partial charge >= 0.3 is 0 Å². The molecule has 5 heteroatoms. The second-order valence-corrected chi connectivity index (χ2v) is 4.97. The SMILES string of the molecule is Fc1cc(F)c(NCC2CCCCO2)c(Br)c1. The highest BCUT2D eigenvalue weighted by Gasteiger charge is 2.15. The maximum Gasteiger partial charge on any atom is 0.150 e. The highest BCUT2D eigenvalue weighted by molar-refractivity contribution is 9.10. The maximum absolute atomic E-state index is 13.5. The molecule has 1 aromatic carbocycles. The average Bonchev–Trinajstić information content (AvgIpc) is 2.29. The van der Waals surface area contributed by atoms with E-state index in [-0.39, 0.29) is 6.10 Å². The van der Waals surface area contributed by atoms with Gasteiger partial charge in [0.2, 0.25) is 0 Å². The molecular formula is C12H14BrF2NO. The van der Waals surface area contributed by atoms with Crippen LogP contribution in [0.1, 0.15) is 19.3 Å². The number of nitrogens with one attached hydrogen (secondary N) is 1. The minimum atomic E-state index is -0.590. The molecule has 94 valence electrons. The van der Waals surface area contributed by atoms with E-state index in [9.17, 15) is 8.78 Å². The molecule has 0 bridgehead atoms. The molecule has 0 saturated carbocycles. The molecule has 17 heavy (non-hydrogen) atoms. The predicted octanol–water partition coefficient (Wildman–Crippen LogP) is 3.71. The van der Waals surface area contributed by atoms with E-state index in [1.165, 1.54) is 6.07 Å². The summed E-state index contributed by atoms with van der Waals surface area (Å²) in [5.74, 6) is -1.18. The summed E-state index contributed by atoms with van der Waals surface area (Å²) in [6, 6.07) is 2.11. The van der Waals surface area contributed by atoms with Gasteiger partial charge in [0.05, 0.1) is 11.8 Å². The Kier molecular flexibility index (Phi) is 4.34. The van der Waals surface area contributed by atoms with Crippen LogP contribution in [0.5, 0.6) is 0 Å². The molecule has 0 amide bonds. The third-order valence-corrected chi connectivity index (χ3v) is 3.41. The van der Waals surface area contributed by atoms with Crippen molar-refractivity contribution in [2.24, 2.45) is 0 Å². The predicted molar refractivity (Wildman–Crippen MR) is 66.1 cm³/mol. The summed E-state index contributed by atoms with van der Waals surface area (Å²) in [6.07, 6.45) is 3.32. The Morgan fingerprint density at radius 2 is 2.18 bits per heavy atom. The van der Waals surface area contributed by atoms with Gasteiger partial charge in [-0.15, -0.1) is 0 Å². The first-order chi connectivity index (χ1) is 8.16. The molecule has 1 atom stereocenters. The Morgan fingerprint density at radius 1 is 1.35 bits per heavy atom. The lowest BCUT2D eigenvalue weighted by Crippen LogP contribution is -2.27. The highest BCUT2D eigenvalue weighted by Crippen LogP contribution is 2.27. The number of benzene rings is 1. The van der Waals surface area contributed by atoms with E-state index in [1.807, 2.05) is 0 Å². The topological polar surface area (TPSA) is 21.3 Å². The van der Waals surface area contributed by atoms with Crippen LogP contribution in [0.15, 0.2) is 16.6 Å². The van der Waals surface area contributed by atoms with Crippen LogP contribution in [-0.2, 0) is 4.74 Å². The molecule has 0 aliphatic carbocycles. The lowest BCUT2D eigenvalue weighted by molar-refractivity contribution is 0.0247. The standard InChI is InChI=1S/C12H14BrF2NO/c13-10-5-8(14)6-11(15)12(10)16-7-9-3-1-2-4-17-9/h5-6,9,16H,1-4,7H2. The Bertz CT molecular complexity index is 371. The molecule has 0 radical (unpaired) electrons. The van der Waals surface area contributed by atoms with Crippen molar-refractivity contribution >= 4 is 21.6 Å². The Balaban J connectivity index is 1.98. The molecule has 2 nitrogen and oxygen atoms in total. The van der Waals surface area contributed by atoms with Gasteiger partial charge in [-0.25, -0.2) is 8.78 Å². The van der Waals surface area contributed by atoms with E-state index >= 15 is 0 Å². The van der Waals surface area contributed by atoms with E-state index in [0.717, 1.165) is 31.9 Å². The first-order valence-electron chi connectivity index (χ1n) is 5.67. The Morgan fingerprint density at radius 3 is 2.82 bits per heavy atom. The van der Waals surface area contributed by atoms with Crippen LogP contribution in [0.2, 0.25) is 0 Å². The molecule has 0 aromatic heterocycles. The third-order valence-electron chi connectivity index (χ3n) is 2.79. The van der Waals surface area contributed by atoms with Crippen molar-refractivity contribution < 1.29 is 13.5 Å². The highest BCUT2D eigenvalue weighted by atomic mass is 79.9. The monoisotopic (exact) mass is 305 g/mol. The van der Waals surface area contributed by atoms with Crippen molar-refractivity contribution in [2.75, 3.05) is 18.5 Å². The average molecular weight is 306 g/mol. The second kappa shape index (κ2) is 5.78. The fraction of sp³-hybridized carbons (Fsp3) is 0.500. The van der Waals surface area contributed by atoms with Crippen LogP contribution in [0.4, 0.5) is 14.5 Å². The zero-order valence-electron chi connectivity index (χ0n) is 9.31. The first-order valence-corrected chi connectivity index (χ1v) is 6.46. The summed E-state index contributed by atoms with van der Waals surface area (Å²) in [4.78, 5) is 0. The van der Waals surface area contributed by atoms with Gasteiger partial charge in [-0.2, -0.15) is 0 Å². The van der Waals surface area contributed by atoms with Crippen LogP contribution >= 0.6 is 15.9 Å². The van der Waals surface area contributed by atoms with E-state index in [4.69, 9.17) is 4.74 Å². The summed E-state index contributed by atoms with van der Waals surface area (Å²) in [6.45, 7) is 1.31.